The van der Waals surface area contributed by atoms with E-state index in [0.29, 0.717) is 116 Å². The number of fused-ring (bicyclic) bond motifs is 2. The molecule has 0 aromatic heterocycles. The summed E-state index contributed by atoms with van der Waals surface area (Å²) in [7, 11) is -4.72. The van der Waals surface area contributed by atoms with Crippen molar-refractivity contribution >= 4 is 23.0 Å². The van der Waals surface area contributed by atoms with Gasteiger partial charge in [-0.05, 0) is 60.9 Å². The Kier molecular flexibility index (Phi) is 16.9. The van der Waals surface area contributed by atoms with Crippen LogP contribution in [0.3, 0.4) is 0 Å². The Hall–Kier alpha value is -5.67. The molecule has 0 amide bonds. The van der Waals surface area contributed by atoms with Crippen LogP contribution >= 0.6 is 17.2 Å². The third-order valence-electron chi connectivity index (χ3n) is 11.2. The number of benzene rings is 5. The number of para-hydroxylation sites is 3. The van der Waals surface area contributed by atoms with Crippen LogP contribution < -0.4 is 22.6 Å². The van der Waals surface area contributed by atoms with Crippen molar-refractivity contribution in [1.29, 1.82) is 0 Å². The lowest BCUT2D eigenvalue weighted by atomic mass is 9.84. The minimum Gasteiger partial charge on any atom is -0.408 e. The first-order valence-electron chi connectivity index (χ1n) is 23.2. The van der Waals surface area contributed by atoms with Gasteiger partial charge in [0, 0.05) is 5.57 Å². The van der Waals surface area contributed by atoms with Gasteiger partial charge in [0.05, 0.1) is 80.7 Å². The second-order valence-electron chi connectivity index (χ2n) is 15.5. The Labute approximate surface area is 409 Å². The van der Waals surface area contributed by atoms with E-state index in [4.69, 9.17) is 65.0 Å². The molecule has 4 aliphatic heterocycles. The van der Waals surface area contributed by atoms with Crippen LogP contribution in [0.4, 0.5) is 0 Å². The monoisotopic (exact) mass is 992 g/mol. The lowest BCUT2D eigenvalue weighted by molar-refractivity contribution is -0.0454. The van der Waals surface area contributed by atoms with Crippen LogP contribution in [0.15, 0.2) is 145 Å². The van der Waals surface area contributed by atoms with Crippen molar-refractivity contribution in [2.75, 3.05) is 52.9 Å². The zero-order chi connectivity index (χ0) is 48.2. The minimum absolute atomic E-state index is 0.226. The second kappa shape index (κ2) is 24.0. The van der Waals surface area contributed by atoms with Crippen LogP contribution in [-0.4, -0.2) is 64.9 Å². The average Bonchev–Trinajstić information content (AvgIpc) is 4.26. The number of rotatable bonds is 18. The normalized spacial score (nSPS) is 18.2. The molecule has 1 unspecified atom stereocenters. The number of hydrogen-bond acceptors (Lipinski definition) is 15. The van der Waals surface area contributed by atoms with Crippen LogP contribution in [0, 0.1) is 0 Å². The molecule has 0 radical (unpaired) electrons. The predicted molar refractivity (Wildman–Crippen MR) is 260 cm³/mol. The lowest BCUT2D eigenvalue weighted by Crippen LogP contribution is -2.19. The largest absolute Gasteiger partial charge is 0.530 e. The molecular formula is C53H54O15P2. The van der Waals surface area contributed by atoms with Gasteiger partial charge >= 0.3 is 17.2 Å². The SMILES string of the molecule is C=C/C=C(OP(Oc1ccccc1C1OCCO1)Oc1cccc2c1C(=O)c1c(cccc1OP(Oc1ccccc1C1OCCO1)Oc1ccccc1C1OCCO1)C2)\C(=C/C)C1OCCO1.CC. The molecule has 15 nitrogen and oxygen atoms in total. The maximum Gasteiger partial charge on any atom is 0.530 e. The molecule has 4 fully saturated rings. The topological polar surface area (TPSA) is 146 Å². The van der Waals surface area contributed by atoms with Gasteiger partial charge in [0.25, 0.3) is 0 Å². The minimum atomic E-state index is -2.38. The molecule has 10 rings (SSSR count). The summed E-state index contributed by atoms with van der Waals surface area (Å²) >= 11 is 0. The van der Waals surface area contributed by atoms with Gasteiger partial charge in [0.1, 0.15) is 34.5 Å². The van der Waals surface area contributed by atoms with E-state index in [-0.39, 0.29) is 17.3 Å². The number of carbonyl (C=O) groups is 1. The molecule has 0 saturated carbocycles. The molecule has 0 N–H and O–H groups in total. The van der Waals surface area contributed by atoms with E-state index in [0.717, 1.165) is 11.1 Å². The molecule has 0 spiro atoms. The molecule has 5 aromatic carbocycles. The third-order valence-corrected chi connectivity index (χ3v) is 13.3. The third kappa shape index (κ3) is 11.3. The number of allylic oxidation sites excluding steroid dienone is 3. The summed E-state index contributed by atoms with van der Waals surface area (Å²) in [6, 6.07) is 33.0. The first-order chi connectivity index (χ1) is 34.5. The number of ether oxygens (including phenoxy) is 8. The smallest absolute Gasteiger partial charge is 0.408 e. The van der Waals surface area contributed by atoms with E-state index in [9.17, 15) is 0 Å². The summed E-state index contributed by atoms with van der Waals surface area (Å²) in [5, 5.41) is 0. The van der Waals surface area contributed by atoms with Crippen molar-refractivity contribution in [1.82, 2.24) is 0 Å². The van der Waals surface area contributed by atoms with E-state index in [2.05, 4.69) is 6.58 Å². The molecule has 1 aliphatic carbocycles. The first kappa shape index (κ1) is 49.3. The Morgan fingerprint density at radius 3 is 1.31 bits per heavy atom. The van der Waals surface area contributed by atoms with Crippen LogP contribution in [0.2, 0.25) is 0 Å². The Bertz CT molecular complexity index is 2590. The quantitative estimate of drug-likeness (QED) is 0.0457. The fraction of sp³-hybridized carbons (Fsp3) is 0.302. The first-order valence-corrected chi connectivity index (χ1v) is 25.4. The van der Waals surface area contributed by atoms with Gasteiger partial charge in [-0.2, -0.15) is 0 Å². The number of hydrogen-bond donors (Lipinski definition) is 0. The molecule has 70 heavy (non-hydrogen) atoms. The van der Waals surface area contributed by atoms with E-state index < -0.39 is 42.4 Å². The molecule has 0 bridgehead atoms. The van der Waals surface area contributed by atoms with Crippen LogP contribution in [0.5, 0.6) is 28.7 Å². The molecule has 5 aliphatic rings. The van der Waals surface area contributed by atoms with Gasteiger partial charge < -0.3 is 65.0 Å². The summed E-state index contributed by atoms with van der Waals surface area (Å²) in [5.74, 6) is 1.71. The standard InChI is InChI=1S/C51H48O15P2.C2H6/c1-3-13-39(35(4-2)48-53-24-25-54-48)61-67(62-40-19-8-5-16-36(40)49-55-26-27-56-49)65-43-22-11-14-33-32-34-15-12-23-44(46(34)47(52)45(33)43)66-68(63-41-20-9-6-17-37(41)50-57-28-29-58-50)64-42-21-10-7-18-38(42)51-59-30-31-60-51;1-2/h3-23,48-51H,1,24-32H2,2H3;1-2H3/b35-4+,39-13+;. The highest BCUT2D eigenvalue weighted by atomic mass is 31.2. The second-order valence-corrected chi connectivity index (χ2v) is 17.5. The zero-order valence-corrected chi connectivity index (χ0v) is 40.8. The summed E-state index contributed by atoms with van der Waals surface area (Å²) in [5.41, 5.74) is 4.66. The van der Waals surface area contributed by atoms with Crippen molar-refractivity contribution in [3.05, 3.63) is 184 Å². The van der Waals surface area contributed by atoms with Crippen LogP contribution in [0.1, 0.15) is 83.4 Å². The van der Waals surface area contributed by atoms with Gasteiger partial charge in [0.2, 0.25) is 5.78 Å². The average molecular weight is 993 g/mol. The van der Waals surface area contributed by atoms with Crippen molar-refractivity contribution in [2.24, 2.45) is 0 Å². The maximum absolute atomic E-state index is 15.3. The number of ketones is 1. The molecular weight excluding hydrogens is 939 g/mol. The van der Waals surface area contributed by atoms with E-state index in [1.807, 2.05) is 106 Å². The molecule has 4 saturated heterocycles. The van der Waals surface area contributed by atoms with Gasteiger partial charge in [-0.15, -0.1) is 0 Å². The van der Waals surface area contributed by atoms with Gasteiger partial charge in [-0.1, -0.05) is 111 Å². The van der Waals surface area contributed by atoms with Gasteiger partial charge in [-0.25, -0.2) is 0 Å². The molecule has 5 aromatic rings. The summed E-state index contributed by atoms with van der Waals surface area (Å²) in [4.78, 5) is 15.3. The van der Waals surface area contributed by atoms with Gasteiger partial charge in [0.15, 0.2) is 25.2 Å². The molecule has 4 heterocycles. The highest BCUT2D eigenvalue weighted by molar-refractivity contribution is 7.43. The fourth-order valence-corrected chi connectivity index (χ4v) is 10.3. The van der Waals surface area contributed by atoms with Gasteiger partial charge in [-0.3, -0.25) is 4.79 Å². The van der Waals surface area contributed by atoms with E-state index in [1.165, 1.54) is 0 Å². The van der Waals surface area contributed by atoms with Crippen molar-refractivity contribution in [3.8, 4) is 28.7 Å². The molecule has 366 valence electrons. The Balaban J connectivity index is 0.00000300. The van der Waals surface area contributed by atoms with Crippen molar-refractivity contribution in [3.63, 3.8) is 0 Å². The van der Waals surface area contributed by atoms with Crippen LogP contribution in [0.25, 0.3) is 0 Å². The predicted octanol–water partition coefficient (Wildman–Crippen LogP) is 11.8. The summed E-state index contributed by atoms with van der Waals surface area (Å²) in [6.45, 7) is 13.2. The maximum atomic E-state index is 15.3. The number of carbonyl (C=O) groups excluding carboxylic acids is 1. The highest BCUT2D eigenvalue weighted by Crippen LogP contribution is 2.52. The van der Waals surface area contributed by atoms with E-state index >= 15 is 4.79 Å². The summed E-state index contributed by atoms with van der Waals surface area (Å²) in [6.07, 6.45) is 2.85. The summed E-state index contributed by atoms with van der Waals surface area (Å²) < 4.78 is 87.0. The Morgan fingerprint density at radius 2 is 0.886 bits per heavy atom. The van der Waals surface area contributed by atoms with E-state index in [1.54, 1.807) is 42.5 Å². The lowest BCUT2D eigenvalue weighted by Gasteiger charge is -2.27. The van der Waals surface area contributed by atoms with Crippen LogP contribution in [-0.2, 0) is 48.8 Å². The molecule has 1 atom stereocenters. The fourth-order valence-electron chi connectivity index (χ4n) is 8.15. The van der Waals surface area contributed by atoms with Crippen molar-refractivity contribution < 1.29 is 69.8 Å². The Morgan fingerprint density at radius 1 is 0.514 bits per heavy atom. The molecule has 17 heteroatoms. The highest BCUT2D eigenvalue weighted by Gasteiger charge is 2.37. The van der Waals surface area contributed by atoms with Crippen molar-refractivity contribution in [2.45, 2.75) is 52.4 Å². The zero-order valence-electron chi connectivity index (χ0n) is 39.0.